The Bertz CT molecular complexity index is 691. The van der Waals surface area contributed by atoms with Crippen molar-refractivity contribution in [3.8, 4) is 0 Å². The predicted octanol–water partition coefficient (Wildman–Crippen LogP) is 3.40. The number of pyridine rings is 1. The van der Waals surface area contributed by atoms with Gasteiger partial charge in [0.05, 0.1) is 9.83 Å². The Morgan fingerprint density at radius 1 is 1.42 bits per heavy atom. The fraction of sp³-hybridized carbons (Fsp3) is 0.231. The van der Waals surface area contributed by atoms with Crippen LogP contribution < -0.4 is 5.32 Å². The molecule has 1 atom stereocenters. The number of aromatic nitrogens is 3. The van der Waals surface area contributed by atoms with E-state index in [1.165, 1.54) is 5.56 Å². The maximum atomic E-state index is 4.26. The van der Waals surface area contributed by atoms with Crippen molar-refractivity contribution in [1.29, 1.82) is 0 Å². The van der Waals surface area contributed by atoms with Gasteiger partial charge >= 0.3 is 0 Å². The highest BCUT2D eigenvalue weighted by Crippen LogP contribution is 2.21. The SMILES string of the molecule is CC(NCc1csc(Br)c1)c1nnc2ccccn12. The van der Waals surface area contributed by atoms with Crippen LogP contribution in [-0.4, -0.2) is 14.6 Å². The molecule has 0 saturated heterocycles. The molecule has 0 aliphatic heterocycles. The van der Waals surface area contributed by atoms with Crippen LogP contribution in [0.25, 0.3) is 5.65 Å². The predicted molar refractivity (Wildman–Crippen MR) is 80.3 cm³/mol. The van der Waals surface area contributed by atoms with Crippen LogP contribution >= 0.6 is 27.3 Å². The quantitative estimate of drug-likeness (QED) is 0.793. The molecule has 1 N–H and O–H groups in total. The number of halogens is 1. The van der Waals surface area contributed by atoms with Gasteiger partial charge in [-0.3, -0.25) is 4.40 Å². The van der Waals surface area contributed by atoms with Crippen molar-refractivity contribution in [3.05, 3.63) is 51.0 Å². The van der Waals surface area contributed by atoms with E-state index in [1.54, 1.807) is 11.3 Å². The number of fused-ring (bicyclic) bond motifs is 1. The zero-order chi connectivity index (χ0) is 13.2. The van der Waals surface area contributed by atoms with Crippen LogP contribution in [0.1, 0.15) is 24.4 Å². The molecule has 3 heterocycles. The van der Waals surface area contributed by atoms with Gasteiger partial charge in [-0.1, -0.05) is 6.07 Å². The van der Waals surface area contributed by atoms with Gasteiger partial charge in [0.25, 0.3) is 0 Å². The molecule has 3 rings (SSSR count). The summed E-state index contributed by atoms with van der Waals surface area (Å²) in [5.41, 5.74) is 2.15. The molecule has 0 aliphatic carbocycles. The maximum absolute atomic E-state index is 4.26. The molecule has 3 aromatic heterocycles. The van der Waals surface area contributed by atoms with Crippen molar-refractivity contribution in [2.45, 2.75) is 19.5 Å². The fourth-order valence-electron chi connectivity index (χ4n) is 1.96. The van der Waals surface area contributed by atoms with Gasteiger partial charge in [-0.2, -0.15) is 0 Å². The first-order valence-electron chi connectivity index (χ1n) is 6.00. The fourth-order valence-corrected chi connectivity index (χ4v) is 3.17. The Balaban J connectivity index is 1.75. The van der Waals surface area contributed by atoms with Crippen LogP contribution in [0, 0.1) is 0 Å². The third kappa shape index (κ3) is 2.70. The maximum Gasteiger partial charge on any atom is 0.160 e. The average molecular weight is 337 g/mol. The molecule has 0 fully saturated rings. The van der Waals surface area contributed by atoms with Crippen LogP contribution in [-0.2, 0) is 6.54 Å². The summed E-state index contributed by atoms with van der Waals surface area (Å²) in [4.78, 5) is 0. The normalized spacial score (nSPS) is 12.9. The zero-order valence-electron chi connectivity index (χ0n) is 10.4. The minimum Gasteiger partial charge on any atom is -0.303 e. The van der Waals surface area contributed by atoms with Gasteiger partial charge in [0.15, 0.2) is 11.5 Å². The molecular formula is C13H13BrN4S. The number of hydrogen-bond donors (Lipinski definition) is 1. The lowest BCUT2D eigenvalue weighted by molar-refractivity contribution is 0.542. The second-order valence-electron chi connectivity index (χ2n) is 4.35. The van der Waals surface area contributed by atoms with Gasteiger partial charge < -0.3 is 5.32 Å². The monoisotopic (exact) mass is 336 g/mol. The molecule has 6 heteroatoms. The van der Waals surface area contributed by atoms with Crippen molar-refractivity contribution in [2.75, 3.05) is 0 Å². The largest absolute Gasteiger partial charge is 0.303 e. The summed E-state index contributed by atoms with van der Waals surface area (Å²) in [5.74, 6) is 0.935. The van der Waals surface area contributed by atoms with E-state index >= 15 is 0 Å². The zero-order valence-corrected chi connectivity index (χ0v) is 12.8. The van der Waals surface area contributed by atoms with E-state index in [0.29, 0.717) is 0 Å². The van der Waals surface area contributed by atoms with E-state index in [2.05, 4.69) is 49.8 Å². The molecule has 1 unspecified atom stereocenters. The molecule has 0 saturated carbocycles. The van der Waals surface area contributed by atoms with E-state index in [0.717, 1.165) is 21.8 Å². The minimum absolute atomic E-state index is 0.149. The van der Waals surface area contributed by atoms with Gasteiger partial charge in [0, 0.05) is 12.7 Å². The third-order valence-electron chi connectivity index (χ3n) is 2.96. The first kappa shape index (κ1) is 12.8. The first-order chi connectivity index (χ1) is 9.24. The van der Waals surface area contributed by atoms with Gasteiger partial charge in [0.2, 0.25) is 0 Å². The molecular weight excluding hydrogens is 324 g/mol. The summed E-state index contributed by atoms with van der Waals surface area (Å²) in [5, 5.41) is 14.0. The van der Waals surface area contributed by atoms with E-state index in [1.807, 2.05) is 28.8 Å². The lowest BCUT2D eigenvalue weighted by Crippen LogP contribution is -2.20. The summed E-state index contributed by atoms with van der Waals surface area (Å²) >= 11 is 5.17. The number of thiophene rings is 1. The summed E-state index contributed by atoms with van der Waals surface area (Å²) in [7, 11) is 0. The summed E-state index contributed by atoms with van der Waals surface area (Å²) in [6.07, 6.45) is 1.99. The first-order valence-corrected chi connectivity index (χ1v) is 7.67. The number of nitrogens with zero attached hydrogens (tertiary/aromatic N) is 3. The van der Waals surface area contributed by atoms with Crippen LogP contribution in [0.2, 0.25) is 0 Å². The van der Waals surface area contributed by atoms with Crippen molar-refractivity contribution in [3.63, 3.8) is 0 Å². The highest BCUT2D eigenvalue weighted by molar-refractivity contribution is 9.11. The van der Waals surface area contributed by atoms with Crippen molar-refractivity contribution in [2.24, 2.45) is 0 Å². The molecule has 19 heavy (non-hydrogen) atoms. The molecule has 3 aromatic rings. The van der Waals surface area contributed by atoms with Crippen LogP contribution in [0.15, 0.2) is 39.6 Å². The Morgan fingerprint density at radius 2 is 2.32 bits per heavy atom. The number of nitrogens with one attached hydrogen (secondary N) is 1. The lowest BCUT2D eigenvalue weighted by atomic mass is 10.2. The van der Waals surface area contributed by atoms with Crippen molar-refractivity contribution < 1.29 is 0 Å². The van der Waals surface area contributed by atoms with Crippen molar-refractivity contribution >= 4 is 32.9 Å². The van der Waals surface area contributed by atoms with Gasteiger partial charge in [-0.25, -0.2) is 0 Å². The number of hydrogen-bond acceptors (Lipinski definition) is 4. The van der Waals surface area contributed by atoms with Gasteiger partial charge in [0.1, 0.15) is 0 Å². The summed E-state index contributed by atoms with van der Waals surface area (Å²) in [6, 6.07) is 8.19. The molecule has 0 spiro atoms. The van der Waals surface area contributed by atoms with Gasteiger partial charge in [-0.15, -0.1) is 21.5 Å². The molecule has 0 aromatic carbocycles. The lowest BCUT2D eigenvalue weighted by Gasteiger charge is -2.11. The summed E-state index contributed by atoms with van der Waals surface area (Å²) in [6.45, 7) is 2.93. The highest BCUT2D eigenvalue weighted by Gasteiger charge is 2.12. The molecule has 4 nitrogen and oxygen atoms in total. The second kappa shape index (κ2) is 5.40. The second-order valence-corrected chi connectivity index (χ2v) is 6.64. The third-order valence-corrected chi connectivity index (χ3v) is 4.51. The Hall–Kier alpha value is -1.24. The molecule has 0 amide bonds. The van der Waals surface area contributed by atoms with E-state index in [4.69, 9.17) is 0 Å². The van der Waals surface area contributed by atoms with Gasteiger partial charge in [-0.05, 0) is 52.0 Å². The van der Waals surface area contributed by atoms with E-state index in [9.17, 15) is 0 Å². The molecule has 0 bridgehead atoms. The Kier molecular flexibility index (Phi) is 3.63. The Labute approximate surface area is 123 Å². The standard InChI is InChI=1S/C13H13BrN4S/c1-9(15-7-10-6-11(14)19-8-10)13-17-16-12-4-2-3-5-18(12)13/h2-6,8-9,15H,7H2,1H3. The molecule has 0 radical (unpaired) electrons. The Morgan fingerprint density at radius 3 is 3.11 bits per heavy atom. The topological polar surface area (TPSA) is 42.2 Å². The smallest absolute Gasteiger partial charge is 0.160 e. The van der Waals surface area contributed by atoms with Crippen LogP contribution in [0.4, 0.5) is 0 Å². The number of rotatable bonds is 4. The van der Waals surface area contributed by atoms with Crippen LogP contribution in [0.3, 0.4) is 0 Å². The van der Waals surface area contributed by atoms with E-state index < -0.39 is 0 Å². The molecule has 98 valence electrons. The minimum atomic E-state index is 0.149. The average Bonchev–Trinajstić information content (AvgIpc) is 3.02. The highest BCUT2D eigenvalue weighted by atomic mass is 79.9. The van der Waals surface area contributed by atoms with E-state index in [-0.39, 0.29) is 6.04 Å². The molecule has 0 aliphatic rings. The van der Waals surface area contributed by atoms with Crippen LogP contribution in [0.5, 0.6) is 0 Å². The summed E-state index contributed by atoms with van der Waals surface area (Å²) < 4.78 is 3.17. The van der Waals surface area contributed by atoms with Crippen molar-refractivity contribution in [1.82, 2.24) is 19.9 Å².